The Bertz CT molecular complexity index is 597. The first kappa shape index (κ1) is 14.3. The molecular weight excluding hydrogens is 271 g/mol. The van der Waals surface area contributed by atoms with Crippen molar-refractivity contribution in [2.75, 3.05) is 0 Å². The van der Waals surface area contributed by atoms with E-state index in [0.29, 0.717) is 5.56 Å². The average Bonchev–Trinajstić information content (AvgIpc) is 2.38. The molecule has 3 nitrogen and oxygen atoms in total. The minimum absolute atomic E-state index is 0.0424. The Labute approximate surface area is 113 Å². The fourth-order valence-corrected chi connectivity index (χ4v) is 1.70. The van der Waals surface area contributed by atoms with Gasteiger partial charge >= 0.3 is 6.18 Å². The van der Waals surface area contributed by atoms with Crippen LogP contribution in [0.5, 0.6) is 11.6 Å². The molecule has 2 rings (SSSR count). The number of aliphatic hydroxyl groups is 1. The molecule has 20 heavy (non-hydrogen) atoms. The molecule has 0 saturated carbocycles. The predicted molar refractivity (Wildman–Crippen MR) is 66.4 cm³/mol. The zero-order valence-corrected chi connectivity index (χ0v) is 10.6. The number of para-hydroxylation sites is 1. The molecule has 0 bridgehead atoms. The minimum Gasteiger partial charge on any atom is -0.438 e. The summed E-state index contributed by atoms with van der Waals surface area (Å²) in [6.07, 6.45) is -4.02. The molecule has 0 aliphatic rings. The third-order valence-electron chi connectivity index (χ3n) is 2.65. The van der Waals surface area contributed by atoms with Crippen molar-refractivity contribution in [3.63, 3.8) is 0 Å². The molecule has 0 unspecified atom stereocenters. The van der Waals surface area contributed by atoms with Crippen LogP contribution in [0.4, 0.5) is 13.2 Å². The molecule has 0 aliphatic carbocycles. The number of aliphatic hydroxyl groups excluding tert-OH is 1. The average molecular weight is 283 g/mol. The summed E-state index contributed by atoms with van der Waals surface area (Å²) in [6, 6.07) is 7.98. The number of alkyl halides is 3. The number of hydrogen-bond acceptors (Lipinski definition) is 3. The van der Waals surface area contributed by atoms with E-state index in [4.69, 9.17) is 4.74 Å². The van der Waals surface area contributed by atoms with Gasteiger partial charge in [0.15, 0.2) is 0 Å². The normalized spacial score (nSPS) is 13.1. The van der Waals surface area contributed by atoms with Gasteiger partial charge in [-0.15, -0.1) is 0 Å². The van der Waals surface area contributed by atoms with Crippen molar-refractivity contribution < 1.29 is 23.0 Å². The number of ether oxygens (including phenoxy) is 1. The van der Waals surface area contributed by atoms with E-state index in [1.807, 2.05) is 0 Å². The fraction of sp³-hybridized carbons (Fsp3) is 0.214. The van der Waals surface area contributed by atoms with Crippen LogP contribution in [0.2, 0.25) is 0 Å². The van der Waals surface area contributed by atoms with Crippen molar-refractivity contribution in [2.24, 2.45) is 0 Å². The van der Waals surface area contributed by atoms with Gasteiger partial charge in [-0.25, -0.2) is 4.98 Å². The zero-order chi connectivity index (χ0) is 14.8. The summed E-state index contributed by atoms with van der Waals surface area (Å²) < 4.78 is 43.8. The van der Waals surface area contributed by atoms with Crippen molar-refractivity contribution in [1.29, 1.82) is 0 Å². The van der Waals surface area contributed by atoms with Crippen LogP contribution in [-0.2, 0) is 6.18 Å². The molecule has 1 aromatic heterocycles. The standard InChI is InChI=1S/C14H12F3NO2/c1-9(19)10-5-4-8-18-13(10)20-12-7-3-2-6-11(12)14(15,16)17/h2-9,19H,1H3/t9-/m0/s1. The van der Waals surface area contributed by atoms with Gasteiger partial charge in [0, 0.05) is 11.8 Å². The van der Waals surface area contributed by atoms with Gasteiger partial charge in [-0.05, 0) is 31.2 Å². The van der Waals surface area contributed by atoms with Crippen LogP contribution in [0.25, 0.3) is 0 Å². The van der Waals surface area contributed by atoms with Crippen molar-refractivity contribution in [3.05, 3.63) is 53.7 Å². The first-order valence-electron chi connectivity index (χ1n) is 5.86. The van der Waals surface area contributed by atoms with Crippen LogP contribution < -0.4 is 4.74 Å². The maximum Gasteiger partial charge on any atom is 0.419 e. The largest absolute Gasteiger partial charge is 0.438 e. The number of benzene rings is 1. The van der Waals surface area contributed by atoms with Crippen molar-refractivity contribution in [3.8, 4) is 11.6 Å². The molecule has 0 spiro atoms. The Morgan fingerprint density at radius 2 is 1.85 bits per heavy atom. The Hall–Kier alpha value is -2.08. The lowest BCUT2D eigenvalue weighted by atomic mass is 10.1. The lowest BCUT2D eigenvalue weighted by molar-refractivity contribution is -0.138. The van der Waals surface area contributed by atoms with Crippen LogP contribution in [0.1, 0.15) is 24.2 Å². The first-order valence-corrected chi connectivity index (χ1v) is 5.86. The number of nitrogens with zero attached hydrogens (tertiary/aromatic N) is 1. The van der Waals surface area contributed by atoms with Gasteiger partial charge in [-0.2, -0.15) is 13.2 Å². The van der Waals surface area contributed by atoms with Gasteiger partial charge in [0.1, 0.15) is 5.75 Å². The number of halogens is 3. The van der Waals surface area contributed by atoms with Gasteiger partial charge in [0.05, 0.1) is 11.7 Å². The predicted octanol–water partition coefficient (Wildman–Crippen LogP) is 3.95. The van der Waals surface area contributed by atoms with E-state index < -0.39 is 17.8 Å². The summed E-state index contributed by atoms with van der Waals surface area (Å²) in [5.74, 6) is -0.389. The molecule has 0 saturated heterocycles. The molecule has 1 aromatic carbocycles. The van der Waals surface area contributed by atoms with Crippen LogP contribution in [0.15, 0.2) is 42.6 Å². The Morgan fingerprint density at radius 1 is 1.15 bits per heavy atom. The number of pyridine rings is 1. The third-order valence-corrected chi connectivity index (χ3v) is 2.65. The van der Waals surface area contributed by atoms with E-state index in [1.165, 1.54) is 31.3 Å². The van der Waals surface area contributed by atoms with Crippen LogP contribution in [-0.4, -0.2) is 10.1 Å². The zero-order valence-electron chi connectivity index (χ0n) is 10.6. The second-order valence-corrected chi connectivity index (χ2v) is 4.17. The van der Waals surface area contributed by atoms with Gasteiger partial charge in [-0.1, -0.05) is 12.1 Å². The summed E-state index contributed by atoms with van der Waals surface area (Å²) in [7, 11) is 0. The van der Waals surface area contributed by atoms with Crippen LogP contribution in [0.3, 0.4) is 0 Å². The van der Waals surface area contributed by atoms with Gasteiger partial charge in [-0.3, -0.25) is 0 Å². The highest BCUT2D eigenvalue weighted by Crippen LogP contribution is 2.38. The Balaban J connectivity index is 2.41. The summed E-state index contributed by atoms with van der Waals surface area (Å²) in [6.45, 7) is 1.49. The smallest absolute Gasteiger partial charge is 0.419 e. The molecule has 0 radical (unpaired) electrons. The maximum atomic E-state index is 12.9. The van der Waals surface area contributed by atoms with Crippen molar-refractivity contribution >= 4 is 0 Å². The number of rotatable bonds is 3. The van der Waals surface area contributed by atoms with Crippen LogP contribution in [0, 0.1) is 0 Å². The second-order valence-electron chi connectivity index (χ2n) is 4.17. The molecule has 1 N–H and O–H groups in total. The summed E-state index contributed by atoms with van der Waals surface area (Å²) in [5.41, 5.74) is -0.563. The lowest BCUT2D eigenvalue weighted by Gasteiger charge is -2.15. The molecule has 1 atom stereocenters. The van der Waals surface area contributed by atoms with E-state index in [0.717, 1.165) is 6.07 Å². The molecule has 2 aromatic rings. The third kappa shape index (κ3) is 3.08. The Kier molecular flexibility index (Phi) is 3.94. The molecule has 6 heteroatoms. The van der Waals surface area contributed by atoms with E-state index in [1.54, 1.807) is 12.1 Å². The van der Waals surface area contributed by atoms with E-state index in [2.05, 4.69) is 4.98 Å². The quantitative estimate of drug-likeness (QED) is 0.927. The monoisotopic (exact) mass is 283 g/mol. The molecular formula is C14H12F3NO2. The molecule has 106 valence electrons. The minimum atomic E-state index is -4.52. The SMILES string of the molecule is C[C@H](O)c1cccnc1Oc1ccccc1C(F)(F)F. The van der Waals surface area contributed by atoms with E-state index in [-0.39, 0.29) is 11.6 Å². The molecule has 0 aliphatic heterocycles. The van der Waals surface area contributed by atoms with Gasteiger partial charge < -0.3 is 9.84 Å². The summed E-state index contributed by atoms with van der Waals surface area (Å²) in [4.78, 5) is 3.87. The topological polar surface area (TPSA) is 42.4 Å². The molecule has 1 heterocycles. The van der Waals surface area contributed by atoms with Crippen molar-refractivity contribution in [1.82, 2.24) is 4.98 Å². The van der Waals surface area contributed by atoms with E-state index >= 15 is 0 Å². The van der Waals surface area contributed by atoms with Crippen molar-refractivity contribution in [2.45, 2.75) is 19.2 Å². The maximum absolute atomic E-state index is 12.9. The fourth-order valence-electron chi connectivity index (χ4n) is 1.70. The second kappa shape index (κ2) is 5.50. The Morgan fingerprint density at radius 3 is 2.50 bits per heavy atom. The molecule has 0 fully saturated rings. The number of hydrogen-bond donors (Lipinski definition) is 1. The first-order chi connectivity index (χ1) is 9.39. The van der Waals surface area contributed by atoms with Gasteiger partial charge in [0.25, 0.3) is 0 Å². The van der Waals surface area contributed by atoms with Gasteiger partial charge in [0.2, 0.25) is 5.88 Å². The highest BCUT2D eigenvalue weighted by atomic mass is 19.4. The lowest BCUT2D eigenvalue weighted by Crippen LogP contribution is -2.08. The molecule has 0 amide bonds. The highest BCUT2D eigenvalue weighted by Gasteiger charge is 2.34. The summed E-state index contributed by atoms with van der Waals surface area (Å²) >= 11 is 0. The summed E-state index contributed by atoms with van der Waals surface area (Å²) in [5, 5.41) is 9.57. The van der Waals surface area contributed by atoms with Crippen LogP contribution >= 0.6 is 0 Å². The highest BCUT2D eigenvalue weighted by molar-refractivity contribution is 5.40. The number of aromatic nitrogens is 1. The van der Waals surface area contributed by atoms with E-state index in [9.17, 15) is 18.3 Å².